The van der Waals surface area contributed by atoms with Crippen molar-refractivity contribution in [2.75, 3.05) is 5.32 Å². The third kappa shape index (κ3) is 3.62. The number of anilines is 1. The van der Waals surface area contributed by atoms with Crippen molar-refractivity contribution < 1.29 is 13.9 Å². The molecule has 0 spiro atoms. The molecule has 0 unspecified atom stereocenters. The highest BCUT2D eigenvalue weighted by atomic mass is 32.1. The van der Waals surface area contributed by atoms with Crippen molar-refractivity contribution in [2.45, 2.75) is 32.9 Å². The molecule has 26 heavy (non-hydrogen) atoms. The number of fused-ring (bicyclic) bond motifs is 1. The van der Waals surface area contributed by atoms with E-state index in [4.69, 9.17) is 4.74 Å². The second-order valence-corrected chi connectivity index (χ2v) is 6.72. The van der Waals surface area contributed by atoms with Gasteiger partial charge in [-0.05, 0) is 43.7 Å². The molecule has 2 aromatic carbocycles. The van der Waals surface area contributed by atoms with Crippen LogP contribution in [0.5, 0.6) is 5.75 Å². The Balaban J connectivity index is 1.78. The largest absolute Gasteiger partial charge is 0.478 e. The molecular weight excluding hydrogens is 355 g/mol. The highest BCUT2D eigenvalue weighted by Gasteiger charge is 2.20. The van der Waals surface area contributed by atoms with Gasteiger partial charge in [0.05, 0.1) is 10.2 Å². The monoisotopic (exact) mass is 374 g/mol. The molecule has 0 saturated carbocycles. The van der Waals surface area contributed by atoms with E-state index >= 15 is 0 Å². The molecule has 0 bridgehead atoms. The first-order chi connectivity index (χ1) is 12.5. The van der Waals surface area contributed by atoms with Crippen molar-refractivity contribution in [3.63, 3.8) is 0 Å². The number of benzene rings is 2. The summed E-state index contributed by atoms with van der Waals surface area (Å²) >= 11 is 1.14. The molecule has 0 aliphatic rings. The molecular formula is C19H19FN2O3S. The van der Waals surface area contributed by atoms with Crippen LogP contribution in [0.4, 0.5) is 10.1 Å². The molecule has 7 heteroatoms. The van der Waals surface area contributed by atoms with Crippen molar-refractivity contribution >= 4 is 33.1 Å². The molecule has 3 aromatic rings. The van der Waals surface area contributed by atoms with Crippen molar-refractivity contribution in [3.8, 4) is 5.75 Å². The zero-order valence-electron chi connectivity index (χ0n) is 14.5. The molecule has 0 radical (unpaired) electrons. The number of ether oxygens (including phenoxy) is 1. The molecule has 1 aromatic heterocycles. The van der Waals surface area contributed by atoms with E-state index in [1.54, 1.807) is 35.8 Å². The van der Waals surface area contributed by atoms with Gasteiger partial charge in [-0.1, -0.05) is 30.4 Å². The Morgan fingerprint density at radius 3 is 2.73 bits per heavy atom. The molecule has 1 atom stereocenters. The number of aryl methyl sites for hydroxylation is 1. The quantitative estimate of drug-likeness (QED) is 0.709. The van der Waals surface area contributed by atoms with E-state index in [1.807, 2.05) is 13.0 Å². The van der Waals surface area contributed by atoms with E-state index in [0.717, 1.165) is 21.6 Å². The first kappa shape index (κ1) is 18.1. The van der Waals surface area contributed by atoms with Crippen molar-refractivity contribution in [1.29, 1.82) is 0 Å². The van der Waals surface area contributed by atoms with E-state index < -0.39 is 11.9 Å². The Morgan fingerprint density at radius 1 is 1.27 bits per heavy atom. The highest BCUT2D eigenvalue weighted by Crippen LogP contribution is 2.23. The summed E-state index contributed by atoms with van der Waals surface area (Å²) in [5.41, 5.74) is 1.41. The molecule has 0 fully saturated rings. The summed E-state index contributed by atoms with van der Waals surface area (Å²) in [7, 11) is 0. The highest BCUT2D eigenvalue weighted by molar-refractivity contribution is 7.16. The minimum absolute atomic E-state index is 0.0275. The first-order valence-corrected chi connectivity index (χ1v) is 9.20. The maximum absolute atomic E-state index is 13.7. The number of thiazole rings is 1. The van der Waals surface area contributed by atoms with E-state index in [2.05, 4.69) is 5.32 Å². The lowest BCUT2D eigenvalue weighted by molar-refractivity contribution is -0.122. The maximum atomic E-state index is 13.7. The average molecular weight is 374 g/mol. The van der Waals surface area contributed by atoms with Crippen molar-refractivity contribution in [3.05, 3.63) is 57.9 Å². The Morgan fingerprint density at radius 2 is 2.04 bits per heavy atom. The topological polar surface area (TPSA) is 60.3 Å². The van der Waals surface area contributed by atoms with Crippen LogP contribution in [0.15, 0.2) is 47.3 Å². The van der Waals surface area contributed by atoms with Gasteiger partial charge in [-0.25, -0.2) is 4.39 Å². The Kier molecular flexibility index (Phi) is 5.37. The van der Waals surface area contributed by atoms with Gasteiger partial charge in [0.25, 0.3) is 5.91 Å². The second kappa shape index (κ2) is 7.70. The molecule has 3 rings (SSSR count). The standard InChI is InChI=1S/C19H19FN2O3S/c1-3-15(25-16-8-6-5-7-13(16)20)18(23)21-12-9-10-14-17(11-12)26-19(24)22(14)4-2/h5-11,15H,3-4H2,1-2H3,(H,21,23)/t15-/m1/s1. The van der Waals surface area contributed by atoms with Crippen LogP contribution >= 0.6 is 11.3 Å². The van der Waals surface area contributed by atoms with Crippen molar-refractivity contribution in [2.24, 2.45) is 0 Å². The number of nitrogens with zero attached hydrogens (tertiary/aromatic N) is 1. The third-order valence-electron chi connectivity index (χ3n) is 4.02. The lowest BCUT2D eigenvalue weighted by Gasteiger charge is -2.17. The summed E-state index contributed by atoms with van der Waals surface area (Å²) in [4.78, 5) is 24.4. The summed E-state index contributed by atoms with van der Waals surface area (Å²) in [5.74, 6) is -0.827. The molecule has 1 heterocycles. The smallest absolute Gasteiger partial charge is 0.308 e. The third-order valence-corrected chi connectivity index (χ3v) is 4.96. The Hall–Kier alpha value is -2.67. The van der Waals surface area contributed by atoms with E-state index in [9.17, 15) is 14.0 Å². The second-order valence-electron chi connectivity index (χ2n) is 5.73. The van der Waals surface area contributed by atoms with E-state index in [1.165, 1.54) is 12.1 Å². The number of halogens is 1. The minimum Gasteiger partial charge on any atom is -0.478 e. The molecule has 0 aliphatic heterocycles. The SMILES string of the molecule is CC[C@@H](Oc1ccccc1F)C(=O)Nc1ccc2c(c1)sc(=O)n2CC. The number of rotatable bonds is 6. The molecule has 0 saturated heterocycles. The number of para-hydroxylation sites is 1. The maximum Gasteiger partial charge on any atom is 0.308 e. The zero-order valence-corrected chi connectivity index (χ0v) is 15.3. The molecule has 1 amide bonds. The Bertz CT molecular complexity index is 996. The van der Waals surface area contributed by atoms with Crippen molar-refractivity contribution in [1.82, 2.24) is 4.57 Å². The van der Waals surface area contributed by atoms with Gasteiger partial charge in [0.2, 0.25) is 0 Å². The van der Waals surface area contributed by atoms with Crippen LogP contribution in [0.1, 0.15) is 20.3 Å². The summed E-state index contributed by atoms with van der Waals surface area (Å²) in [6.07, 6.45) is -0.427. The van der Waals surface area contributed by atoms with Gasteiger partial charge >= 0.3 is 4.87 Å². The number of hydrogen-bond donors (Lipinski definition) is 1. The van der Waals surface area contributed by atoms with E-state index in [0.29, 0.717) is 18.7 Å². The van der Waals surface area contributed by atoms with E-state index in [-0.39, 0.29) is 16.5 Å². The van der Waals surface area contributed by atoms with Crippen LogP contribution < -0.4 is 14.9 Å². The lowest BCUT2D eigenvalue weighted by atomic mass is 10.2. The van der Waals surface area contributed by atoms with Gasteiger partial charge in [0, 0.05) is 12.2 Å². The van der Waals surface area contributed by atoms with Gasteiger partial charge in [-0.15, -0.1) is 0 Å². The van der Waals surface area contributed by atoms with Gasteiger partial charge in [-0.2, -0.15) is 0 Å². The van der Waals surface area contributed by atoms with Crippen LogP contribution in [0, 0.1) is 5.82 Å². The van der Waals surface area contributed by atoms with Crippen LogP contribution in [0.25, 0.3) is 10.2 Å². The number of amides is 1. The predicted molar refractivity (Wildman–Crippen MR) is 101 cm³/mol. The number of aromatic nitrogens is 1. The number of carbonyl (C=O) groups is 1. The van der Waals surface area contributed by atoms with Crippen LogP contribution in [-0.4, -0.2) is 16.6 Å². The first-order valence-electron chi connectivity index (χ1n) is 8.39. The number of carbonyl (C=O) groups excluding carboxylic acids is 1. The summed E-state index contributed by atoms with van der Waals surface area (Å²) in [6, 6.07) is 11.3. The Labute approximate surface area is 154 Å². The predicted octanol–water partition coefficient (Wildman–Crippen LogP) is 4.02. The molecule has 136 valence electrons. The lowest BCUT2D eigenvalue weighted by Crippen LogP contribution is -2.32. The summed E-state index contributed by atoms with van der Waals surface area (Å²) in [6.45, 7) is 4.30. The van der Waals surface area contributed by atoms with Gasteiger partial charge in [0.15, 0.2) is 17.7 Å². The zero-order chi connectivity index (χ0) is 18.7. The molecule has 1 N–H and O–H groups in total. The van der Waals surface area contributed by atoms with Crippen LogP contribution in [0.2, 0.25) is 0 Å². The van der Waals surface area contributed by atoms with Gasteiger partial charge in [0.1, 0.15) is 0 Å². The normalized spacial score (nSPS) is 12.1. The minimum atomic E-state index is -0.818. The fourth-order valence-corrected chi connectivity index (χ4v) is 3.68. The van der Waals surface area contributed by atoms with Crippen LogP contribution in [0.3, 0.4) is 0 Å². The fourth-order valence-electron chi connectivity index (χ4n) is 2.68. The fraction of sp³-hybridized carbons (Fsp3) is 0.263. The van der Waals surface area contributed by atoms with Gasteiger partial charge < -0.3 is 10.1 Å². The van der Waals surface area contributed by atoms with Crippen LogP contribution in [-0.2, 0) is 11.3 Å². The summed E-state index contributed by atoms with van der Waals surface area (Å²) < 4.78 is 21.7. The average Bonchev–Trinajstić information content (AvgIpc) is 2.95. The van der Waals surface area contributed by atoms with Gasteiger partial charge in [-0.3, -0.25) is 14.2 Å². The molecule has 0 aliphatic carbocycles. The number of hydrogen-bond acceptors (Lipinski definition) is 4. The summed E-state index contributed by atoms with van der Waals surface area (Å²) in [5, 5.41) is 2.78. The molecule has 5 nitrogen and oxygen atoms in total. The number of nitrogens with one attached hydrogen (secondary N) is 1.